The lowest BCUT2D eigenvalue weighted by molar-refractivity contribution is -0.144. The number of benzene rings is 1. The molecule has 1 aliphatic carbocycles. The van der Waals surface area contributed by atoms with Crippen LogP contribution in [0, 0.1) is 5.41 Å². The zero-order valence-electron chi connectivity index (χ0n) is 13.1. The first-order chi connectivity index (χ1) is 10.7. The molecule has 1 saturated carbocycles. The van der Waals surface area contributed by atoms with E-state index in [1.165, 1.54) is 23.6 Å². The molecule has 1 aromatic rings. The second-order valence-electron chi connectivity index (χ2n) is 7.49. The van der Waals surface area contributed by atoms with Gasteiger partial charge in [-0.2, -0.15) is 0 Å². The summed E-state index contributed by atoms with van der Waals surface area (Å²) in [6.07, 6.45) is 6.32. The highest BCUT2D eigenvalue weighted by molar-refractivity contribution is 5.81. The first-order valence-electron chi connectivity index (χ1n) is 8.68. The second-order valence-corrected chi connectivity index (χ2v) is 7.49. The highest BCUT2D eigenvalue weighted by Crippen LogP contribution is 2.60. The maximum Gasteiger partial charge on any atom is 0.222 e. The van der Waals surface area contributed by atoms with Crippen LogP contribution >= 0.6 is 0 Å². The summed E-state index contributed by atoms with van der Waals surface area (Å²) in [7, 11) is 0. The summed E-state index contributed by atoms with van der Waals surface area (Å²) in [4.78, 5) is 20.0. The molecule has 3 nitrogen and oxygen atoms in total. The molecule has 0 N–H and O–H groups in total. The van der Waals surface area contributed by atoms with Crippen LogP contribution in [-0.4, -0.2) is 28.9 Å². The molecule has 1 aromatic carbocycles. The standard InChI is InChI=1S/C19H22N2O/c1-2-18-9-7-16(22)21-12-8-14-13-5-3-4-6-15(13)20-19(14,11-10-18)17(18)21/h3-6,17H,2,7-12H2,1H3/t17-,18-,19+/m0/s1. The zero-order chi connectivity index (χ0) is 14.9. The number of carbonyl (C=O) groups is 1. The summed E-state index contributed by atoms with van der Waals surface area (Å²) in [5.41, 5.74) is 1.72. The Balaban J connectivity index is 1.79. The second kappa shape index (κ2) is 4.01. The number of amides is 1. The maximum absolute atomic E-state index is 12.5. The molecule has 0 bridgehead atoms. The minimum Gasteiger partial charge on any atom is -0.336 e. The summed E-state index contributed by atoms with van der Waals surface area (Å²) in [6, 6.07) is 8.90. The van der Waals surface area contributed by atoms with Crippen molar-refractivity contribution in [3.63, 3.8) is 0 Å². The average molecular weight is 294 g/mol. The van der Waals surface area contributed by atoms with Crippen molar-refractivity contribution in [3.05, 3.63) is 34.8 Å². The van der Waals surface area contributed by atoms with E-state index in [0.29, 0.717) is 17.4 Å². The lowest BCUT2D eigenvalue weighted by Gasteiger charge is -2.53. The molecule has 2 saturated heterocycles. The average Bonchev–Trinajstić information content (AvgIpc) is 3.06. The molecule has 1 spiro atoms. The van der Waals surface area contributed by atoms with E-state index in [4.69, 9.17) is 4.99 Å². The predicted octanol–water partition coefficient (Wildman–Crippen LogP) is 1.79. The Kier molecular flexibility index (Phi) is 2.34. The van der Waals surface area contributed by atoms with Crippen LogP contribution in [0.5, 0.6) is 0 Å². The third kappa shape index (κ3) is 1.30. The summed E-state index contributed by atoms with van der Waals surface area (Å²) < 4.78 is 0. The molecule has 3 fully saturated rings. The van der Waals surface area contributed by atoms with Crippen LogP contribution in [0.1, 0.15) is 45.4 Å². The van der Waals surface area contributed by atoms with Gasteiger partial charge in [0, 0.05) is 18.2 Å². The topological polar surface area (TPSA) is 32.7 Å². The van der Waals surface area contributed by atoms with Crippen LogP contribution in [-0.2, 0) is 4.79 Å². The summed E-state index contributed by atoms with van der Waals surface area (Å²) in [5.74, 6) is 0.362. The van der Waals surface area contributed by atoms with Gasteiger partial charge >= 0.3 is 0 Å². The van der Waals surface area contributed by atoms with Crippen LogP contribution < -0.4 is 10.6 Å². The van der Waals surface area contributed by atoms with Crippen molar-refractivity contribution >= 4 is 11.5 Å². The van der Waals surface area contributed by atoms with E-state index >= 15 is 0 Å². The van der Waals surface area contributed by atoms with Crippen LogP contribution in [0.15, 0.2) is 29.3 Å². The molecule has 4 aliphatic rings. The van der Waals surface area contributed by atoms with Crippen molar-refractivity contribution < 1.29 is 4.79 Å². The number of hydrogen-bond donors (Lipinski definition) is 0. The maximum atomic E-state index is 12.5. The first-order valence-corrected chi connectivity index (χ1v) is 8.68. The Morgan fingerprint density at radius 2 is 2.09 bits per heavy atom. The van der Waals surface area contributed by atoms with Crippen LogP contribution in [0.25, 0.3) is 5.57 Å². The Hall–Kier alpha value is -1.64. The first kappa shape index (κ1) is 12.9. The van der Waals surface area contributed by atoms with Crippen LogP contribution in [0.2, 0.25) is 0 Å². The Morgan fingerprint density at radius 1 is 1.23 bits per heavy atom. The number of piperidine rings is 2. The minimum atomic E-state index is -0.103. The molecule has 114 valence electrons. The van der Waals surface area contributed by atoms with Gasteiger partial charge < -0.3 is 4.90 Å². The van der Waals surface area contributed by atoms with Gasteiger partial charge in [0.05, 0.1) is 11.4 Å². The van der Waals surface area contributed by atoms with Crippen molar-refractivity contribution in [1.29, 1.82) is 0 Å². The van der Waals surface area contributed by atoms with Gasteiger partial charge in [-0.15, -0.1) is 0 Å². The molecule has 5 rings (SSSR count). The molecule has 3 heteroatoms. The quantitative estimate of drug-likeness (QED) is 0.777. The smallest absolute Gasteiger partial charge is 0.222 e. The molecule has 22 heavy (non-hydrogen) atoms. The Morgan fingerprint density at radius 3 is 2.95 bits per heavy atom. The monoisotopic (exact) mass is 294 g/mol. The van der Waals surface area contributed by atoms with Crippen LogP contribution in [0.4, 0.5) is 0 Å². The van der Waals surface area contributed by atoms with Gasteiger partial charge in [0.2, 0.25) is 5.91 Å². The molecule has 1 amide bonds. The van der Waals surface area contributed by atoms with Gasteiger partial charge in [0.1, 0.15) is 5.54 Å². The summed E-state index contributed by atoms with van der Waals surface area (Å²) >= 11 is 0. The summed E-state index contributed by atoms with van der Waals surface area (Å²) in [5, 5.41) is 2.51. The lowest BCUT2D eigenvalue weighted by Crippen LogP contribution is -2.63. The van der Waals surface area contributed by atoms with Gasteiger partial charge in [0.15, 0.2) is 0 Å². The van der Waals surface area contributed by atoms with Gasteiger partial charge in [0.25, 0.3) is 0 Å². The van der Waals surface area contributed by atoms with Gasteiger partial charge in [-0.25, -0.2) is 0 Å². The van der Waals surface area contributed by atoms with E-state index in [0.717, 1.165) is 37.6 Å². The molecule has 0 radical (unpaired) electrons. The number of rotatable bonds is 1. The molecular weight excluding hydrogens is 272 g/mol. The van der Waals surface area contributed by atoms with Gasteiger partial charge in [-0.3, -0.25) is 9.79 Å². The van der Waals surface area contributed by atoms with E-state index in [1.807, 2.05) is 0 Å². The molecule has 3 aliphatic heterocycles. The van der Waals surface area contributed by atoms with E-state index < -0.39 is 0 Å². The molecule has 0 aromatic heterocycles. The van der Waals surface area contributed by atoms with Crippen molar-refractivity contribution in [1.82, 2.24) is 4.90 Å². The minimum absolute atomic E-state index is 0.103. The third-order valence-electron chi connectivity index (χ3n) is 6.88. The highest BCUT2D eigenvalue weighted by atomic mass is 16.2. The number of hydrogen-bond acceptors (Lipinski definition) is 2. The number of carbonyl (C=O) groups excluding carboxylic acids is 1. The largest absolute Gasteiger partial charge is 0.336 e. The highest BCUT2D eigenvalue weighted by Gasteiger charge is 2.64. The number of fused-ring (bicyclic) bond motifs is 1. The van der Waals surface area contributed by atoms with Crippen molar-refractivity contribution in [2.45, 2.75) is 57.0 Å². The lowest BCUT2D eigenvalue weighted by atomic mass is 9.66. The normalized spacial score (nSPS) is 38.4. The van der Waals surface area contributed by atoms with E-state index in [2.05, 4.69) is 36.1 Å². The predicted molar refractivity (Wildman–Crippen MR) is 84.7 cm³/mol. The number of para-hydroxylation sites is 1. The number of nitrogens with zero attached hydrogens (tertiary/aromatic N) is 2. The Labute approximate surface area is 130 Å². The van der Waals surface area contributed by atoms with Crippen molar-refractivity contribution in [2.24, 2.45) is 10.4 Å². The molecule has 0 unspecified atom stereocenters. The molecular formula is C19H22N2O. The van der Waals surface area contributed by atoms with Gasteiger partial charge in [-0.05, 0) is 49.2 Å². The summed E-state index contributed by atoms with van der Waals surface area (Å²) in [6.45, 7) is 3.20. The fourth-order valence-corrected chi connectivity index (χ4v) is 5.87. The zero-order valence-corrected chi connectivity index (χ0v) is 13.1. The van der Waals surface area contributed by atoms with E-state index in [1.54, 1.807) is 0 Å². The SMILES string of the molecule is CC[C@]12CCC(=O)N3CCC4=c5ccccc5=N[C@@]4(CC1)[C@@H]32. The fraction of sp³-hybridized carbons (Fsp3) is 0.579. The van der Waals surface area contributed by atoms with E-state index in [-0.39, 0.29) is 5.54 Å². The molecule has 3 heterocycles. The van der Waals surface area contributed by atoms with Crippen LogP contribution in [0.3, 0.4) is 0 Å². The molecule has 3 atom stereocenters. The fourth-order valence-electron chi connectivity index (χ4n) is 5.87. The Bertz CT molecular complexity index is 798. The van der Waals surface area contributed by atoms with Crippen molar-refractivity contribution in [3.8, 4) is 0 Å². The van der Waals surface area contributed by atoms with Crippen molar-refractivity contribution in [2.75, 3.05) is 6.54 Å². The van der Waals surface area contributed by atoms with Gasteiger partial charge in [-0.1, -0.05) is 25.1 Å². The van der Waals surface area contributed by atoms with E-state index in [9.17, 15) is 4.79 Å². The third-order valence-corrected chi connectivity index (χ3v) is 6.88.